The van der Waals surface area contributed by atoms with Gasteiger partial charge < -0.3 is 5.73 Å². The molecule has 94 valence electrons. The number of nitrogens with two attached hydrogens (primary N) is 1. The molecule has 0 aliphatic heterocycles. The summed E-state index contributed by atoms with van der Waals surface area (Å²) in [6.07, 6.45) is 4.77. The first-order chi connectivity index (χ1) is 8.81. The summed E-state index contributed by atoms with van der Waals surface area (Å²) in [5, 5.41) is 4.04. The van der Waals surface area contributed by atoms with Gasteiger partial charge in [-0.05, 0) is 49.6 Å². The summed E-state index contributed by atoms with van der Waals surface area (Å²) in [4.78, 5) is 11.6. The van der Waals surface area contributed by atoms with E-state index >= 15 is 0 Å². The van der Waals surface area contributed by atoms with Crippen LogP contribution in [-0.2, 0) is 6.42 Å². The van der Waals surface area contributed by atoms with Crippen molar-refractivity contribution < 1.29 is 0 Å². The highest BCUT2D eigenvalue weighted by molar-refractivity contribution is 5.33. The Kier molecular flexibility index (Phi) is 4.25. The van der Waals surface area contributed by atoms with Gasteiger partial charge in [-0.25, -0.2) is 0 Å². The number of aromatic nitrogens is 2. The summed E-state index contributed by atoms with van der Waals surface area (Å²) >= 11 is 0. The highest BCUT2D eigenvalue weighted by Crippen LogP contribution is 2.09. The number of unbranched alkanes of at least 4 members (excludes halogenated alkanes) is 1. The van der Waals surface area contributed by atoms with Gasteiger partial charge in [0.05, 0.1) is 5.69 Å². The smallest absolute Gasteiger partial charge is 0.271 e. The first kappa shape index (κ1) is 12.5. The van der Waals surface area contributed by atoms with Crippen molar-refractivity contribution in [2.75, 3.05) is 6.54 Å². The number of hydrogen-bond acceptors (Lipinski definition) is 3. The lowest BCUT2D eigenvalue weighted by atomic mass is 10.1. The standard InChI is InChI=1S/C14H17N3O/c15-10-2-1-4-12-6-8-13(9-7-12)17-14(18)5-3-11-16-17/h3,5-9,11H,1-2,4,10,15H2. The molecular weight excluding hydrogens is 226 g/mol. The average Bonchev–Trinajstić information content (AvgIpc) is 2.41. The van der Waals surface area contributed by atoms with Crippen LogP contribution in [0.2, 0.25) is 0 Å². The van der Waals surface area contributed by atoms with Crippen LogP contribution in [0.3, 0.4) is 0 Å². The summed E-state index contributed by atoms with van der Waals surface area (Å²) in [6, 6.07) is 11.1. The predicted molar refractivity (Wildman–Crippen MR) is 71.8 cm³/mol. The van der Waals surface area contributed by atoms with E-state index in [4.69, 9.17) is 5.73 Å². The van der Waals surface area contributed by atoms with Crippen molar-refractivity contribution >= 4 is 0 Å². The summed E-state index contributed by atoms with van der Waals surface area (Å²) < 4.78 is 1.39. The zero-order valence-corrected chi connectivity index (χ0v) is 10.2. The normalized spacial score (nSPS) is 10.5. The molecule has 0 fully saturated rings. The van der Waals surface area contributed by atoms with Crippen molar-refractivity contribution in [2.45, 2.75) is 19.3 Å². The van der Waals surface area contributed by atoms with Gasteiger partial charge >= 0.3 is 0 Å². The molecule has 0 saturated carbocycles. The fourth-order valence-electron chi connectivity index (χ4n) is 1.83. The number of benzene rings is 1. The lowest BCUT2D eigenvalue weighted by molar-refractivity contribution is 0.744. The SMILES string of the molecule is NCCCCc1ccc(-n2ncccc2=O)cc1. The molecule has 4 nitrogen and oxygen atoms in total. The van der Waals surface area contributed by atoms with Crippen molar-refractivity contribution in [3.05, 3.63) is 58.5 Å². The first-order valence-electron chi connectivity index (χ1n) is 6.15. The molecule has 0 amide bonds. The number of aryl methyl sites for hydroxylation is 1. The Bertz CT molecular complexity index is 545. The Hall–Kier alpha value is -1.94. The lowest BCUT2D eigenvalue weighted by Crippen LogP contribution is -2.18. The van der Waals surface area contributed by atoms with Crippen LogP contribution in [0.15, 0.2) is 47.4 Å². The largest absolute Gasteiger partial charge is 0.330 e. The minimum atomic E-state index is -0.117. The maximum atomic E-state index is 11.6. The Morgan fingerprint density at radius 1 is 1.11 bits per heavy atom. The van der Waals surface area contributed by atoms with E-state index in [1.54, 1.807) is 12.3 Å². The first-order valence-corrected chi connectivity index (χ1v) is 6.15. The van der Waals surface area contributed by atoms with Gasteiger partial charge in [0.15, 0.2) is 0 Å². The van der Waals surface area contributed by atoms with E-state index in [2.05, 4.69) is 5.10 Å². The van der Waals surface area contributed by atoms with Crippen LogP contribution < -0.4 is 11.3 Å². The van der Waals surface area contributed by atoms with Gasteiger partial charge in [0.25, 0.3) is 5.56 Å². The molecule has 0 atom stereocenters. The monoisotopic (exact) mass is 243 g/mol. The Labute approximate surface area is 106 Å². The third-order valence-corrected chi connectivity index (χ3v) is 2.82. The molecular formula is C14H17N3O. The van der Waals surface area contributed by atoms with Gasteiger partial charge in [-0.2, -0.15) is 9.78 Å². The third kappa shape index (κ3) is 3.05. The van der Waals surface area contributed by atoms with Crippen LogP contribution in [0, 0.1) is 0 Å². The van der Waals surface area contributed by atoms with E-state index in [1.807, 2.05) is 24.3 Å². The second-order valence-electron chi connectivity index (χ2n) is 4.19. The molecule has 0 unspecified atom stereocenters. The van der Waals surface area contributed by atoms with E-state index in [0.717, 1.165) is 31.5 Å². The molecule has 0 spiro atoms. The number of rotatable bonds is 5. The fourth-order valence-corrected chi connectivity index (χ4v) is 1.83. The van der Waals surface area contributed by atoms with Gasteiger partial charge in [0.2, 0.25) is 0 Å². The van der Waals surface area contributed by atoms with Crippen LogP contribution in [0.4, 0.5) is 0 Å². The lowest BCUT2D eigenvalue weighted by Gasteiger charge is -2.05. The van der Waals surface area contributed by atoms with Gasteiger partial charge in [-0.1, -0.05) is 12.1 Å². The predicted octanol–water partition coefficient (Wildman–Crippen LogP) is 1.51. The average molecular weight is 243 g/mol. The molecule has 2 N–H and O–H groups in total. The molecule has 4 heteroatoms. The molecule has 1 aromatic carbocycles. The summed E-state index contributed by atoms with van der Waals surface area (Å²) in [6.45, 7) is 0.738. The molecule has 1 aromatic heterocycles. The molecule has 0 radical (unpaired) electrons. The Morgan fingerprint density at radius 2 is 1.89 bits per heavy atom. The Balaban J connectivity index is 2.13. The van der Waals surface area contributed by atoms with E-state index < -0.39 is 0 Å². The minimum Gasteiger partial charge on any atom is -0.330 e. The highest BCUT2D eigenvalue weighted by atomic mass is 16.1. The summed E-state index contributed by atoms with van der Waals surface area (Å²) in [7, 11) is 0. The molecule has 2 aromatic rings. The number of hydrogen-bond donors (Lipinski definition) is 1. The van der Waals surface area contributed by atoms with Gasteiger partial charge in [0, 0.05) is 12.3 Å². The molecule has 0 aliphatic carbocycles. The topological polar surface area (TPSA) is 60.9 Å². The molecule has 0 aliphatic rings. The van der Waals surface area contributed by atoms with Crippen LogP contribution in [0.1, 0.15) is 18.4 Å². The fraction of sp³-hybridized carbons (Fsp3) is 0.286. The maximum absolute atomic E-state index is 11.6. The van der Waals surface area contributed by atoms with Crippen molar-refractivity contribution in [3.63, 3.8) is 0 Å². The summed E-state index contributed by atoms with van der Waals surface area (Å²) in [5.74, 6) is 0. The number of nitrogens with zero attached hydrogens (tertiary/aromatic N) is 2. The van der Waals surface area contributed by atoms with Crippen molar-refractivity contribution in [3.8, 4) is 5.69 Å². The third-order valence-electron chi connectivity index (χ3n) is 2.82. The molecule has 1 heterocycles. The second kappa shape index (κ2) is 6.12. The maximum Gasteiger partial charge on any atom is 0.271 e. The van der Waals surface area contributed by atoms with Gasteiger partial charge in [-0.3, -0.25) is 4.79 Å². The summed E-state index contributed by atoms with van der Waals surface area (Å²) in [5.41, 5.74) is 7.40. The molecule has 18 heavy (non-hydrogen) atoms. The van der Waals surface area contributed by atoms with E-state index in [0.29, 0.717) is 0 Å². The zero-order valence-electron chi connectivity index (χ0n) is 10.2. The highest BCUT2D eigenvalue weighted by Gasteiger charge is 2.00. The minimum absolute atomic E-state index is 0.117. The second-order valence-corrected chi connectivity index (χ2v) is 4.19. The Morgan fingerprint density at radius 3 is 2.56 bits per heavy atom. The van der Waals surface area contributed by atoms with Crippen LogP contribution >= 0.6 is 0 Å². The molecule has 0 saturated heterocycles. The van der Waals surface area contributed by atoms with E-state index in [9.17, 15) is 4.79 Å². The van der Waals surface area contributed by atoms with Crippen LogP contribution in [0.25, 0.3) is 5.69 Å². The van der Waals surface area contributed by atoms with Crippen molar-refractivity contribution in [1.82, 2.24) is 9.78 Å². The van der Waals surface area contributed by atoms with Crippen molar-refractivity contribution in [2.24, 2.45) is 5.73 Å². The zero-order chi connectivity index (χ0) is 12.8. The van der Waals surface area contributed by atoms with E-state index in [1.165, 1.54) is 16.3 Å². The van der Waals surface area contributed by atoms with E-state index in [-0.39, 0.29) is 5.56 Å². The van der Waals surface area contributed by atoms with Gasteiger partial charge in [-0.15, -0.1) is 0 Å². The van der Waals surface area contributed by atoms with Crippen molar-refractivity contribution in [1.29, 1.82) is 0 Å². The quantitative estimate of drug-likeness (QED) is 0.810. The molecule has 2 rings (SSSR count). The van der Waals surface area contributed by atoms with Crippen LogP contribution in [0.5, 0.6) is 0 Å². The van der Waals surface area contributed by atoms with Gasteiger partial charge in [0.1, 0.15) is 0 Å². The molecule has 0 bridgehead atoms. The van der Waals surface area contributed by atoms with Crippen LogP contribution in [-0.4, -0.2) is 16.3 Å².